The Morgan fingerprint density at radius 3 is 2.80 bits per heavy atom. The average Bonchev–Trinajstić information content (AvgIpc) is 2.88. The lowest BCUT2D eigenvalue weighted by atomic mass is 10.1. The first-order valence-electron chi connectivity index (χ1n) is 6.29. The number of anilines is 2. The van der Waals surface area contributed by atoms with E-state index in [1.807, 2.05) is 43.3 Å². The maximum absolute atomic E-state index is 12.3. The summed E-state index contributed by atoms with van der Waals surface area (Å²) in [5.74, 6) is -0.205. The van der Waals surface area contributed by atoms with Crippen molar-refractivity contribution in [3.63, 3.8) is 0 Å². The minimum atomic E-state index is -0.205. The van der Waals surface area contributed by atoms with Crippen molar-refractivity contribution in [2.45, 2.75) is 6.92 Å². The molecule has 0 aliphatic carbocycles. The van der Waals surface area contributed by atoms with Crippen molar-refractivity contribution < 1.29 is 9.21 Å². The Morgan fingerprint density at radius 1 is 1.15 bits per heavy atom. The molecule has 0 aliphatic rings. The van der Waals surface area contributed by atoms with Crippen molar-refractivity contribution in [1.82, 2.24) is 0 Å². The third-order valence-corrected chi connectivity index (χ3v) is 3.35. The third kappa shape index (κ3) is 2.01. The summed E-state index contributed by atoms with van der Waals surface area (Å²) < 4.78 is 5.38. The standard InChI is InChI=1S/C16H14N2O2/c1-10-13(17)6-4-7-14(10)18-16(19)12-9-20-15-8-3-2-5-11(12)15/h2-9H,17H2,1H3,(H,18,19). The Bertz CT molecular complexity index is 790. The molecule has 1 amide bonds. The monoisotopic (exact) mass is 266 g/mol. The van der Waals surface area contributed by atoms with E-state index in [9.17, 15) is 4.79 Å². The third-order valence-electron chi connectivity index (χ3n) is 3.35. The van der Waals surface area contributed by atoms with E-state index in [0.717, 1.165) is 10.9 Å². The van der Waals surface area contributed by atoms with Crippen molar-refractivity contribution >= 4 is 28.3 Å². The number of amides is 1. The van der Waals surface area contributed by atoms with Crippen molar-refractivity contribution in [3.8, 4) is 0 Å². The predicted octanol–water partition coefficient (Wildman–Crippen LogP) is 3.58. The number of carbonyl (C=O) groups excluding carboxylic acids is 1. The Balaban J connectivity index is 1.95. The molecule has 1 heterocycles. The molecule has 0 unspecified atom stereocenters. The van der Waals surface area contributed by atoms with Crippen LogP contribution in [-0.4, -0.2) is 5.91 Å². The van der Waals surface area contributed by atoms with Crippen LogP contribution in [0.4, 0.5) is 11.4 Å². The lowest BCUT2D eigenvalue weighted by Crippen LogP contribution is -2.12. The lowest BCUT2D eigenvalue weighted by molar-refractivity contribution is 0.102. The summed E-state index contributed by atoms with van der Waals surface area (Å²) in [7, 11) is 0. The van der Waals surface area contributed by atoms with Gasteiger partial charge in [0.15, 0.2) is 0 Å². The largest absolute Gasteiger partial charge is 0.463 e. The molecule has 4 nitrogen and oxygen atoms in total. The van der Waals surface area contributed by atoms with Crippen molar-refractivity contribution in [3.05, 3.63) is 59.9 Å². The van der Waals surface area contributed by atoms with Gasteiger partial charge in [0.25, 0.3) is 5.91 Å². The van der Waals surface area contributed by atoms with E-state index in [0.29, 0.717) is 22.5 Å². The van der Waals surface area contributed by atoms with E-state index in [4.69, 9.17) is 10.2 Å². The first kappa shape index (κ1) is 12.3. The molecule has 0 fully saturated rings. The molecule has 2 aromatic carbocycles. The fraction of sp³-hybridized carbons (Fsp3) is 0.0625. The van der Waals surface area contributed by atoms with Gasteiger partial charge in [-0.1, -0.05) is 24.3 Å². The highest BCUT2D eigenvalue weighted by molar-refractivity contribution is 6.12. The molecular weight excluding hydrogens is 252 g/mol. The van der Waals surface area contributed by atoms with Crippen molar-refractivity contribution in [2.75, 3.05) is 11.1 Å². The van der Waals surface area contributed by atoms with Crippen LogP contribution < -0.4 is 11.1 Å². The summed E-state index contributed by atoms with van der Waals surface area (Å²) in [5, 5.41) is 3.66. The second kappa shape index (κ2) is 4.74. The lowest BCUT2D eigenvalue weighted by Gasteiger charge is -2.09. The Hall–Kier alpha value is -2.75. The summed E-state index contributed by atoms with van der Waals surface area (Å²) in [6.45, 7) is 1.87. The van der Waals surface area contributed by atoms with Crippen molar-refractivity contribution in [2.24, 2.45) is 0 Å². The van der Waals surface area contributed by atoms with Gasteiger partial charge in [-0.25, -0.2) is 0 Å². The van der Waals surface area contributed by atoms with Gasteiger partial charge in [-0.15, -0.1) is 0 Å². The van der Waals surface area contributed by atoms with Gasteiger partial charge in [-0.3, -0.25) is 4.79 Å². The van der Waals surface area contributed by atoms with E-state index < -0.39 is 0 Å². The Labute approximate surface area is 116 Å². The fourth-order valence-electron chi connectivity index (χ4n) is 2.13. The number of nitrogens with two attached hydrogens (primary N) is 1. The van der Waals surface area contributed by atoms with E-state index in [1.165, 1.54) is 6.26 Å². The highest BCUT2D eigenvalue weighted by Gasteiger charge is 2.14. The molecule has 3 rings (SSSR count). The minimum absolute atomic E-state index is 0.205. The first-order valence-corrected chi connectivity index (χ1v) is 6.29. The minimum Gasteiger partial charge on any atom is -0.463 e. The normalized spacial score (nSPS) is 10.7. The van der Waals surface area contributed by atoms with Gasteiger partial charge in [0.2, 0.25) is 0 Å². The molecule has 100 valence electrons. The number of nitrogen functional groups attached to an aromatic ring is 1. The topological polar surface area (TPSA) is 68.3 Å². The summed E-state index contributed by atoms with van der Waals surface area (Å²) in [5.41, 5.74) is 9.26. The number of hydrogen-bond acceptors (Lipinski definition) is 3. The molecule has 0 bridgehead atoms. The van der Waals surface area contributed by atoms with Gasteiger partial charge in [-0.2, -0.15) is 0 Å². The molecule has 0 radical (unpaired) electrons. The summed E-state index contributed by atoms with van der Waals surface area (Å²) >= 11 is 0. The van der Waals surface area contributed by atoms with Crippen LogP contribution in [0.1, 0.15) is 15.9 Å². The van der Waals surface area contributed by atoms with E-state index in [1.54, 1.807) is 6.07 Å². The summed E-state index contributed by atoms with van der Waals surface area (Å²) in [6.07, 6.45) is 1.47. The highest BCUT2D eigenvalue weighted by atomic mass is 16.3. The maximum atomic E-state index is 12.3. The maximum Gasteiger partial charge on any atom is 0.259 e. The number of para-hydroxylation sites is 1. The zero-order chi connectivity index (χ0) is 14.1. The van der Waals surface area contributed by atoms with Crippen LogP contribution in [0.15, 0.2) is 53.1 Å². The number of nitrogens with one attached hydrogen (secondary N) is 1. The smallest absolute Gasteiger partial charge is 0.259 e. The van der Waals surface area contributed by atoms with Gasteiger partial charge < -0.3 is 15.5 Å². The van der Waals surface area contributed by atoms with Crippen LogP contribution in [0, 0.1) is 6.92 Å². The molecule has 0 atom stereocenters. The number of carbonyl (C=O) groups is 1. The van der Waals surface area contributed by atoms with Gasteiger partial charge in [-0.05, 0) is 30.7 Å². The van der Waals surface area contributed by atoms with E-state index in [2.05, 4.69) is 5.32 Å². The van der Waals surface area contributed by atoms with Gasteiger partial charge >= 0.3 is 0 Å². The van der Waals surface area contributed by atoms with Crippen LogP contribution in [0.5, 0.6) is 0 Å². The van der Waals surface area contributed by atoms with Crippen LogP contribution >= 0.6 is 0 Å². The molecule has 0 saturated heterocycles. The van der Waals surface area contributed by atoms with E-state index in [-0.39, 0.29) is 5.91 Å². The molecule has 1 aromatic heterocycles. The average molecular weight is 266 g/mol. The number of hydrogen-bond donors (Lipinski definition) is 2. The van der Waals surface area contributed by atoms with Gasteiger partial charge in [0.05, 0.1) is 5.56 Å². The predicted molar refractivity (Wildman–Crippen MR) is 79.8 cm³/mol. The molecule has 3 N–H and O–H groups in total. The zero-order valence-corrected chi connectivity index (χ0v) is 11.0. The molecule has 20 heavy (non-hydrogen) atoms. The number of rotatable bonds is 2. The molecule has 0 spiro atoms. The summed E-state index contributed by atoms with van der Waals surface area (Å²) in [4.78, 5) is 12.3. The fourth-order valence-corrected chi connectivity index (χ4v) is 2.13. The highest BCUT2D eigenvalue weighted by Crippen LogP contribution is 2.24. The summed E-state index contributed by atoms with van der Waals surface area (Å²) in [6, 6.07) is 12.9. The van der Waals surface area contributed by atoms with Crippen LogP contribution in [-0.2, 0) is 0 Å². The van der Waals surface area contributed by atoms with Crippen molar-refractivity contribution in [1.29, 1.82) is 0 Å². The molecule has 0 saturated carbocycles. The van der Waals surface area contributed by atoms with Crippen LogP contribution in [0.2, 0.25) is 0 Å². The van der Waals surface area contributed by atoms with Crippen LogP contribution in [0.3, 0.4) is 0 Å². The molecular formula is C16H14N2O2. The molecule has 4 heteroatoms. The zero-order valence-electron chi connectivity index (χ0n) is 11.0. The van der Waals surface area contributed by atoms with E-state index >= 15 is 0 Å². The van der Waals surface area contributed by atoms with Gasteiger partial charge in [0, 0.05) is 16.8 Å². The first-order chi connectivity index (χ1) is 9.66. The van der Waals surface area contributed by atoms with Crippen LogP contribution in [0.25, 0.3) is 11.0 Å². The second-order valence-electron chi connectivity index (χ2n) is 4.62. The number of benzene rings is 2. The quantitative estimate of drug-likeness (QED) is 0.697. The number of fused-ring (bicyclic) bond motifs is 1. The Kier molecular flexibility index (Phi) is 2.91. The second-order valence-corrected chi connectivity index (χ2v) is 4.62. The molecule has 3 aromatic rings. The SMILES string of the molecule is Cc1c(N)cccc1NC(=O)c1coc2ccccc12. The molecule has 0 aliphatic heterocycles. The van der Waals surface area contributed by atoms with Gasteiger partial charge in [0.1, 0.15) is 11.8 Å². The number of furan rings is 1. The Morgan fingerprint density at radius 2 is 1.95 bits per heavy atom.